The molecule has 1 aromatic carbocycles. The molecule has 2 aliphatic heterocycles. The van der Waals surface area contributed by atoms with E-state index in [0.717, 1.165) is 65.8 Å². The highest BCUT2D eigenvalue weighted by Crippen LogP contribution is 2.29. The van der Waals surface area contributed by atoms with E-state index in [2.05, 4.69) is 14.4 Å². The Kier molecular flexibility index (Phi) is 6.48. The van der Waals surface area contributed by atoms with E-state index in [-0.39, 0.29) is 0 Å². The monoisotopic (exact) mass is 533 g/mol. The number of aromatic nitrogens is 6. The lowest BCUT2D eigenvalue weighted by atomic mass is 10.0. The van der Waals surface area contributed by atoms with Crippen molar-refractivity contribution in [3.05, 3.63) is 35.9 Å². The molecule has 0 bridgehead atoms. The van der Waals surface area contributed by atoms with Crippen molar-refractivity contribution in [1.82, 2.24) is 38.9 Å². The number of imidazole rings is 2. The maximum Gasteiger partial charge on any atom is 0.323 e. The van der Waals surface area contributed by atoms with Crippen LogP contribution in [0.25, 0.3) is 28.1 Å². The van der Waals surface area contributed by atoms with E-state index in [0.29, 0.717) is 38.8 Å². The second-order valence-electron chi connectivity index (χ2n) is 10.8. The van der Waals surface area contributed by atoms with Gasteiger partial charge in [0.2, 0.25) is 5.95 Å². The molecule has 0 saturated carbocycles. The van der Waals surface area contributed by atoms with Gasteiger partial charge in [-0.05, 0) is 32.9 Å². The minimum Gasteiger partial charge on any atom is -0.480 e. The van der Waals surface area contributed by atoms with Crippen LogP contribution in [0.2, 0.25) is 0 Å². The molecule has 1 N–H and O–H groups in total. The van der Waals surface area contributed by atoms with E-state index in [1.54, 1.807) is 13.8 Å². The third-order valence-electron chi connectivity index (χ3n) is 8.07. The van der Waals surface area contributed by atoms with Gasteiger partial charge in [0.25, 0.3) is 0 Å². The van der Waals surface area contributed by atoms with Gasteiger partial charge >= 0.3 is 5.97 Å². The number of rotatable bonds is 6. The van der Waals surface area contributed by atoms with Gasteiger partial charge in [0.05, 0.1) is 30.8 Å². The van der Waals surface area contributed by atoms with Gasteiger partial charge in [0, 0.05) is 46.3 Å². The Morgan fingerprint density at radius 2 is 1.72 bits per heavy atom. The van der Waals surface area contributed by atoms with Crippen LogP contribution in [0.5, 0.6) is 0 Å². The zero-order valence-electron chi connectivity index (χ0n) is 23.0. The average molecular weight is 534 g/mol. The van der Waals surface area contributed by atoms with Crippen LogP contribution in [0, 0.1) is 6.92 Å². The molecular formula is C27H35N9O3. The van der Waals surface area contributed by atoms with Crippen LogP contribution in [-0.2, 0) is 23.1 Å². The van der Waals surface area contributed by atoms with E-state index in [4.69, 9.17) is 24.7 Å². The van der Waals surface area contributed by atoms with Crippen molar-refractivity contribution in [2.24, 2.45) is 7.05 Å². The largest absolute Gasteiger partial charge is 0.480 e. The van der Waals surface area contributed by atoms with Gasteiger partial charge in [0.1, 0.15) is 17.2 Å². The first-order valence-electron chi connectivity index (χ1n) is 13.5. The third kappa shape index (κ3) is 4.52. The molecule has 2 saturated heterocycles. The number of carboxylic acid groups (broad SMARTS) is 1. The standard InChI is InChI=1S/C27H35N9O3/c1-18-28-19-7-5-6-8-20(19)36(18)26-30-23-22(24(31-26)34-13-15-39-16-14-34)29-21(32(23)4)17-33-9-11-35(12-10-33)27(2,3)25(37)38/h5-8H,9-17H2,1-4H3,(H,37,38). The van der Waals surface area contributed by atoms with Crippen molar-refractivity contribution in [1.29, 1.82) is 0 Å². The molecule has 0 unspecified atom stereocenters. The molecule has 0 spiro atoms. The second kappa shape index (κ2) is 9.85. The lowest BCUT2D eigenvalue weighted by molar-refractivity contribution is -0.150. The first-order valence-corrected chi connectivity index (χ1v) is 13.5. The van der Waals surface area contributed by atoms with E-state index >= 15 is 0 Å². The number of piperazine rings is 1. The summed E-state index contributed by atoms with van der Waals surface area (Å²) in [4.78, 5) is 38.2. The van der Waals surface area contributed by atoms with Gasteiger partial charge in [-0.2, -0.15) is 9.97 Å². The molecule has 0 amide bonds. The maximum absolute atomic E-state index is 11.7. The molecule has 4 aromatic rings. The summed E-state index contributed by atoms with van der Waals surface area (Å²) in [5.41, 5.74) is 2.55. The van der Waals surface area contributed by atoms with Crippen LogP contribution in [0.4, 0.5) is 5.82 Å². The molecule has 3 aromatic heterocycles. The molecule has 0 aliphatic carbocycles. The first kappa shape index (κ1) is 25.7. The predicted octanol–water partition coefficient (Wildman–Crippen LogP) is 1.83. The number of morpholine rings is 1. The Hall–Kier alpha value is -3.61. The normalized spacial score (nSPS) is 17.9. The quantitative estimate of drug-likeness (QED) is 0.393. The molecule has 6 rings (SSSR count). The summed E-state index contributed by atoms with van der Waals surface area (Å²) in [5.74, 6) is 2.33. The Balaban J connectivity index is 1.37. The van der Waals surface area contributed by atoms with Crippen LogP contribution >= 0.6 is 0 Å². The molecule has 12 heteroatoms. The number of aliphatic carboxylic acids is 1. The topological polar surface area (TPSA) is 118 Å². The predicted molar refractivity (Wildman–Crippen MR) is 147 cm³/mol. The van der Waals surface area contributed by atoms with Gasteiger partial charge in [0.15, 0.2) is 17.0 Å². The van der Waals surface area contributed by atoms with Crippen molar-refractivity contribution in [2.75, 3.05) is 57.4 Å². The van der Waals surface area contributed by atoms with Crippen molar-refractivity contribution in [3.8, 4) is 5.95 Å². The van der Waals surface area contributed by atoms with Crippen molar-refractivity contribution in [2.45, 2.75) is 32.9 Å². The summed E-state index contributed by atoms with van der Waals surface area (Å²) < 4.78 is 9.69. The summed E-state index contributed by atoms with van der Waals surface area (Å²) in [6.07, 6.45) is 0. The van der Waals surface area contributed by atoms with Crippen LogP contribution in [-0.4, -0.2) is 108 Å². The Bertz CT molecular complexity index is 1530. The summed E-state index contributed by atoms with van der Waals surface area (Å²) in [6.45, 7) is 11.9. The summed E-state index contributed by atoms with van der Waals surface area (Å²) in [5, 5.41) is 9.61. The van der Waals surface area contributed by atoms with E-state index < -0.39 is 11.5 Å². The van der Waals surface area contributed by atoms with Crippen LogP contribution in [0.15, 0.2) is 24.3 Å². The molecule has 2 aliphatic rings. The number of nitrogens with zero attached hydrogens (tertiary/aromatic N) is 9. The molecule has 0 atom stereocenters. The zero-order chi connectivity index (χ0) is 27.3. The number of fused-ring (bicyclic) bond motifs is 2. The number of carboxylic acids is 1. The Morgan fingerprint density at radius 1 is 1.00 bits per heavy atom. The van der Waals surface area contributed by atoms with Crippen molar-refractivity contribution >= 4 is 34.0 Å². The highest BCUT2D eigenvalue weighted by Gasteiger charge is 2.36. The van der Waals surface area contributed by atoms with Crippen LogP contribution < -0.4 is 4.90 Å². The highest BCUT2D eigenvalue weighted by atomic mass is 16.5. The number of ether oxygens (including phenoxy) is 1. The lowest BCUT2D eigenvalue weighted by Crippen LogP contribution is -2.57. The Labute approximate surface area is 226 Å². The lowest BCUT2D eigenvalue weighted by Gasteiger charge is -2.41. The fourth-order valence-corrected chi connectivity index (χ4v) is 5.52. The molecule has 5 heterocycles. The van der Waals surface area contributed by atoms with Gasteiger partial charge in [-0.3, -0.25) is 19.2 Å². The number of hydrogen-bond acceptors (Lipinski definition) is 9. The molecule has 206 valence electrons. The molecule has 39 heavy (non-hydrogen) atoms. The van der Waals surface area contributed by atoms with E-state index in [1.165, 1.54) is 0 Å². The number of para-hydroxylation sites is 2. The van der Waals surface area contributed by atoms with Crippen molar-refractivity contribution in [3.63, 3.8) is 0 Å². The number of benzene rings is 1. The SMILES string of the molecule is Cc1nc2ccccc2n1-c1nc(N2CCOCC2)c2nc(CN3CCN(C(C)(C)C(=O)O)CC3)n(C)c2n1. The summed E-state index contributed by atoms with van der Waals surface area (Å²) >= 11 is 0. The van der Waals surface area contributed by atoms with E-state index in [1.807, 2.05) is 47.7 Å². The fraction of sp³-hybridized carbons (Fsp3) is 0.519. The van der Waals surface area contributed by atoms with Crippen LogP contribution in [0.3, 0.4) is 0 Å². The van der Waals surface area contributed by atoms with Gasteiger partial charge in [-0.25, -0.2) is 9.97 Å². The first-order chi connectivity index (χ1) is 18.7. The molecular weight excluding hydrogens is 498 g/mol. The second-order valence-corrected chi connectivity index (χ2v) is 10.8. The van der Waals surface area contributed by atoms with E-state index in [9.17, 15) is 9.90 Å². The molecule has 2 fully saturated rings. The average Bonchev–Trinajstić information content (AvgIpc) is 3.44. The highest BCUT2D eigenvalue weighted by molar-refractivity contribution is 5.86. The summed E-state index contributed by atoms with van der Waals surface area (Å²) in [7, 11) is 2.01. The maximum atomic E-state index is 11.7. The van der Waals surface area contributed by atoms with Gasteiger partial charge < -0.3 is 19.3 Å². The number of aryl methyl sites for hydroxylation is 2. The molecule has 0 radical (unpaired) electrons. The third-order valence-corrected chi connectivity index (χ3v) is 8.07. The number of carbonyl (C=O) groups is 1. The zero-order valence-corrected chi connectivity index (χ0v) is 23.0. The minimum atomic E-state index is -0.876. The Morgan fingerprint density at radius 3 is 2.44 bits per heavy atom. The van der Waals surface area contributed by atoms with Gasteiger partial charge in [-0.1, -0.05) is 12.1 Å². The molecule has 12 nitrogen and oxygen atoms in total. The van der Waals surface area contributed by atoms with Gasteiger partial charge in [-0.15, -0.1) is 0 Å². The van der Waals surface area contributed by atoms with Crippen LogP contribution in [0.1, 0.15) is 25.5 Å². The smallest absolute Gasteiger partial charge is 0.323 e. The minimum absolute atomic E-state index is 0.578. The fourth-order valence-electron chi connectivity index (χ4n) is 5.52. The summed E-state index contributed by atoms with van der Waals surface area (Å²) in [6, 6.07) is 8.02. The number of anilines is 1. The number of hydrogen-bond donors (Lipinski definition) is 1. The van der Waals surface area contributed by atoms with Crippen molar-refractivity contribution < 1.29 is 14.6 Å².